The fraction of sp³-hybridized carbons (Fsp3) is 0.300. The molecule has 0 aromatic heterocycles. The van der Waals surface area contributed by atoms with E-state index in [1.165, 1.54) is 24.3 Å². The van der Waals surface area contributed by atoms with Gasteiger partial charge in [-0.3, -0.25) is 4.79 Å². The number of aliphatic carboxylic acids is 1. The van der Waals surface area contributed by atoms with Gasteiger partial charge in [0.15, 0.2) is 9.84 Å². The molecular formula is C10H14ClNO4S. The number of rotatable bonds is 4. The number of hydrogen-bond donors (Lipinski definition) is 2. The van der Waals surface area contributed by atoms with Crippen LogP contribution in [0.4, 0.5) is 0 Å². The van der Waals surface area contributed by atoms with Gasteiger partial charge in [-0.1, -0.05) is 19.1 Å². The molecule has 0 bridgehead atoms. The highest BCUT2D eigenvalue weighted by atomic mass is 35.5. The molecule has 1 rings (SSSR count). The molecule has 1 aromatic rings. The van der Waals surface area contributed by atoms with Crippen LogP contribution in [0.3, 0.4) is 0 Å². The quantitative estimate of drug-likeness (QED) is 0.856. The van der Waals surface area contributed by atoms with E-state index in [4.69, 9.17) is 10.8 Å². The maximum atomic E-state index is 11.5. The summed E-state index contributed by atoms with van der Waals surface area (Å²) in [6, 6.07) is 4.45. The van der Waals surface area contributed by atoms with Gasteiger partial charge in [-0.2, -0.15) is 0 Å². The summed E-state index contributed by atoms with van der Waals surface area (Å²) >= 11 is 0. The standard InChI is InChI=1S/C10H13NO4S.ClH/c1-2-16(14,15)8-5-3-7(4-6-8)9(11)10(12)13;/h3-6,9H,2,11H2,1H3,(H,12,13);1H/t9-;/m1./s1. The molecule has 0 unspecified atom stereocenters. The van der Waals surface area contributed by atoms with E-state index in [1.807, 2.05) is 0 Å². The molecule has 0 aliphatic rings. The van der Waals surface area contributed by atoms with Gasteiger partial charge in [0.2, 0.25) is 0 Å². The van der Waals surface area contributed by atoms with Crippen molar-refractivity contribution in [2.75, 3.05) is 5.75 Å². The van der Waals surface area contributed by atoms with E-state index >= 15 is 0 Å². The Morgan fingerprint density at radius 3 is 2.18 bits per heavy atom. The lowest BCUT2D eigenvalue weighted by atomic mass is 10.1. The first-order valence-electron chi connectivity index (χ1n) is 4.69. The fourth-order valence-electron chi connectivity index (χ4n) is 1.19. The lowest BCUT2D eigenvalue weighted by Gasteiger charge is -2.07. The van der Waals surface area contributed by atoms with E-state index in [1.54, 1.807) is 6.92 Å². The van der Waals surface area contributed by atoms with Crippen LogP contribution >= 0.6 is 12.4 Å². The summed E-state index contributed by atoms with van der Waals surface area (Å²) in [6.45, 7) is 1.55. The van der Waals surface area contributed by atoms with Crippen LogP contribution in [-0.2, 0) is 14.6 Å². The monoisotopic (exact) mass is 279 g/mol. The van der Waals surface area contributed by atoms with Crippen molar-refractivity contribution in [1.82, 2.24) is 0 Å². The van der Waals surface area contributed by atoms with Gasteiger partial charge in [0.05, 0.1) is 10.6 Å². The van der Waals surface area contributed by atoms with Crippen molar-refractivity contribution >= 4 is 28.2 Å². The number of halogens is 1. The normalized spacial score (nSPS) is 12.6. The lowest BCUT2D eigenvalue weighted by molar-refractivity contribution is -0.138. The summed E-state index contributed by atoms with van der Waals surface area (Å²) in [7, 11) is -3.25. The second kappa shape index (κ2) is 6.00. The molecular weight excluding hydrogens is 266 g/mol. The van der Waals surface area contributed by atoms with Crippen molar-refractivity contribution in [2.24, 2.45) is 5.73 Å². The van der Waals surface area contributed by atoms with Gasteiger partial charge >= 0.3 is 5.97 Å². The van der Waals surface area contributed by atoms with Crippen LogP contribution in [0, 0.1) is 0 Å². The number of benzene rings is 1. The molecule has 5 nitrogen and oxygen atoms in total. The Balaban J connectivity index is 0.00000256. The molecule has 0 saturated heterocycles. The van der Waals surface area contributed by atoms with Crippen LogP contribution < -0.4 is 5.73 Å². The summed E-state index contributed by atoms with van der Waals surface area (Å²) in [6.07, 6.45) is 0. The van der Waals surface area contributed by atoms with Crippen molar-refractivity contribution in [3.05, 3.63) is 29.8 Å². The SMILES string of the molecule is CCS(=O)(=O)c1ccc([C@@H](N)C(=O)O)cc1.Cl. The first-order valence-corrected chi connectivity index (χ1v) is 6.35. The van der Waals surface area contributed by atoms with E-state index in [-0.39, 0.29) is 23.1 Å². The minimum absolute atomic E-state index is 0. The predicted molar refractivity (Wildman–Crippen MR) is 66.0 cm³/mol. The zero-order chi connectivity index (χ0) is 12.3. The fourth-order valence-corrected chi connectivity index (χ4v) is 2.08. The average Bonchev–Trinajstić information content (AvgIpc) is 2.28. The smallest absolute Gasteiger partial charge is 0.325 e. The number of carbonyl (C=O) groups is 1. The Kier molecular flexibility index (Phi) is 5.60. The zero-order valence-corrected chi connectivity index (χ0v) is 10.8. The molecule has 0 aliphatic carbocycles. The number of carboxylic acids is 1. The highest BCUT2D eigenvalue weighted by Crippen LogP contribution is 2.16. The molecule has 7 heteroatoms. The van der Waals surface area contributed by atoms with Gasteiger partial charge < -0.3 is 10.8 Å². The van der Waals surface area contributed by atoms with Gasteiger partial charge in [-0.05, 0) is 17.7 Å². The maximum Gasteiger partial charge on any atom is 0.325 e. The van der Waals surface area contributed by atoms with Crippen LogP contribution in [0.2, 0.25) is 0 Å². The topological polar surface area (TPSA) is 97.5 Å². The summed E-state index contributed by atoms with van der Waals surface area (Å²) in [5, 5.41) is 8.67. The third kappa shape index (κ3) is 3.69. The van der Waals surface area contributed by atoms with Gasteiger partial charge in [0, 0.05) is 0 Å². The van der Waals surface area contributed by atoms with Crippen molar-refractivity contribution < 1.29 is 18.3 Å². The summed E-state index contributed by atoms with van der Waals surface area (Å²) in [5.41, 5.74) is 5.76. The van der Waals surface area contributed by atoms with Crippen LogP contribution in [0.15, 0.2) is 29.2 Å². The minimum atomic E-state index is -3.25. The number of sulfone groups is 1. The molecule has 0 fully saturated rings. The Morgan fingerprint density at radius 1 is 1.35 bits per heavy atom. The Bertz CT molecular complexity index is 484. The molecule has 0 radical (unpaired) electrons. The van der Waals surface area contributed by atoms with Crippen LogP contribution in [-0.4, -0.2) is 25.2 Å². The molecule has 0 aliphatic heterocycles. The molecule has 17 heavy (non-hydrogen) atoms. The molecule has 1 atom stereocenters. The maximum absolute atomic E-state index is 11.5. The highest BCUT2D eigenvalue weighted by molar-refractivity contribution is 7.91. The molecule has 0 saturated carbocycles. The van der Waals surface area contributed by atoms with Crippen LogP contribution in [0.1, 0.15) is 18.5 Å². The van der Waals surface area contributed by atoms with Crippen molar-refractivity contribution in [1.29, 1.82) is 0 Å². The van der Waals surface area contributed by atoms with Gasteiger partial charge in [0.1, 0.15) is 6.04 Å². The van der Waals surface area contributed by atoms with Gasteiger partial charge in [-0.15, -0.1) is 12.4 Å². The zero-order valence-electron chi connectivity index (χ0n) is 9.16. The lowest BCUT2D eigenvalue weighted by Crippen LogP contribution is -2.20. The first-order chi connectivity index (χ1) is 7.38. The van der Waals surface area contributed by atoms with Crippen molar-refractivity contribution in [2.45, 2.75) is 17.9 Å². The van der Waals surface area contributed by atoms with Crippen LogP contribution in [0.5, 0.6) is 0 Å². The minimum Gasteiger partial charge on any atom is -0.480 e. The Labute approximate surface area is 106 Å². The second-order valence-electron chi connectivity index (χ2n) is 3.29. The number of carboxylic acid groups (broad SMARTS) is 1. The molecule has 3 N–H and O–H groups in total. The Morgan fingerprint density at radius 2 is 1.82 bits per heavy atom. The predicted octanol–water partition coefficient (Wildman–Crippen LogP) is 0.986. The van der Waals surface area contributed by atoms with Crippen molar-refractivity contribution in [3.63, 3.8) is 0 Å². The molecule has 0 heterocycles. The average molecular weight is 280 g/mol. The first kappa shape index (κ1) is 15.9. The summed E-state index contributed by atoms with van der Waals surface area (Å²) < 4.78 is 22.9. The summed E-state index contributed by atoms with van der Waals surface area (Å²) in [5.74, 6) is -1.14. The van der Waals surface area contributed by atoms with E-state index in [0.29, 0.717) is 5.56 Å². The van der Waals surface area contributed by atoms with Crippen molar-refractivity contribution in [3.8, 4) is 0 Å². The third-order valence-corrected chi connectivity index (χ3v) is 3.99. The van der Waals surface area contributed by atoms with E-state index in [2.05, 4.69) is 0 Å². The molecule has 96 valence electrons. The Hall–Kier alpha value is -1.11. The largest absolute Gasteiger partial charge is 0.480 e. The molecule has 1 aromatic carbocycles. The summed E-state index contributed by atoms with van der Waals surface area (Å²) in [4.78, 5) is 10.8. The number of hydrogen-bond acceptors (Lipinski definition) is 4. The molecule has 0 spiro atoms. The van der Waals surface area contributed by atoms with Gasteiger partial charge in [-0.25, -0.2) is 8.42 Å². The highest BCUT2D eigenvalue weighted by Gasteiger charge is 2.16. The van der Waals surface area contributed by atoms with Crippen LogP contribution in [0.25, 0.3) is 0 Å². The van der Waals surface area contributed by atoms with E-state index in [0.717, 1.165) is 0 Å². The number of nitrogens with two attached hydrogens (primary N) is 1. The van der Waals surface area contributed by atoms with E-state index in [9.17, 15) is 13.2 Å². The van der Waals surface area contributed by atoms with Gasteiger partial charge in [0.25, 0.3) is 0 Å². The second-order valence-corrected chi connectivity index (χ2v) is 5.57. The molecule has 0 amide bonds. The third-order valence-electron chi connectivity index (χ3n) is 2.24. The van der Waals surface area contributed by atoms with E-state index < -0.39 is 21.8 Å².